The molecule has 0 spiro atoms. The second-order valence-electron chi connectivity index (χ2n) is 6.15. The number of imidazole rings is 1. The molecule has 2 aromatic carbocycles. The van der Waals surface area contributed by atoms with Gasteiger partial charge in [0.1, 0.15) is 5.75 Å². The number of benzene rings is 2. The van der Waals surface area contributed by atoms with Crippen LogP contribution in [0.5, 0.6) is 5.75 Å². The van der Waals surface area contributed by atoms with Crippen LogP contribution < -0.4 is 10.1 Å². The lowest BCUT2D eigenvalue weighted by atomic mass is 10.1. The largest absolute Gasteiger partial charge is 0.497 e. The van der Waals surface area contributed by atoms with Crippen molar-refractivity contribution in [1.82, 2.24) is 9.38 Å². The van der Waals surface area contributed by atoms with E-state index >= 15 is 0 Å². The van der Waals surface area contributed by atoms with Crippen molar-refractivity contribution in [3.05, 3.63) is 71.4 Å². The van der Waals surface area contributed by atoms with E-state index in [4.69, 9.17) is 10.00 Å². The van der Waals surface area contributed by atoms with Gasteiger partial charge in [-0.25, -0.2) is 4.98 Å². The minimum absolute atomic E-state index is 0.144. The number of nitrogens with zero attached hydrogens (tertiary/aromatic N) is 3. The average molecular weight is 388 g/mol. The number of methoxy groups -OCH3 is 1. The molecule has 28 heavy (non-hydrogen) atoms. The monoisotopic (exact) mass is 388 g/mol. The SMILES string of the molecule is COc1ccc(-c2cn3c(CC(=O)Nc4cccc(C#N)c4)csc3n2)cc1. The number of anilines is 1. The van der Waals surface area contributed by atoms with Crippen LogP contribution in [-0.2, 0) is 11.2 Å². The van der Waals surface area contributed by atoms with Crippen molar-refractivity contribution in [1.29, 1.82) is 5.26 Å². The molecule has 0 aliphatic heterocycles. The van der Waals surface area contributed by atoms with Crippen LogP contribution in [0.4, 0.5) is 5.69 Å². The van der Waals surface area contributed by atoms with Crippen LogP contribution in [0.25, 0.3) is 16.2 Å². The maximum absolute atomic E-state index is 12.4. The third kappa shape index (κ3) is 3.59. The smallest absolute Gasteiger partial charge is 0.230 e. The summed E-state index contributed by atoms with van der Waals surface area (Å²) in [5.41, 5.74) is 3.81. The molecule has 2 heterocycles. The molecule has 6 nitrogen and oxygen atoms in total. The van der Waals surface area contributed by atoms with Crippen molar-refractivity contribution >= 4 is 27.9 Å². The van der Waals surface area contributed by atoms with Crippen LogP contribution >= 0.6 is 11.3 Å². The fourth-order valence-corrected chi connectivity index (χ4v) is 3.77. The Morgan fingerprint density at radius 3 is 2.86 bits per heavy atom. The molecule has 1 amide bonds. The molecule has 0 fully saturated rings. The lowest BCUT2D eigenvalue weighted by Crippen LogP contribution is -2.15. The summed E-state index contributed by atoms with van der Waals surface area (Å²) < 4.78 is 7.13. The van der Waals surface area contributed by atoms with Gasteiger partial charge in [-0.1, -0.05) is 6.07 Å². The number of thiazole rings is 1. The molecule has 4 aromatic rings. The molecule has 0 unspecified atom stereocenters. The zero-order valence-electron chi connectivity index (χ0n) is 15.0. The number of amides is 1. The van der Waals surface area contributed by atoms with Gasteiger partial charge in [0, 0.05) is 28.5 Å². The Morgan fingerprint density at radius 1 is 1.29 bits per heavy atom. The maximum atomic E-state index is 12.4. The maximum Gasteiger partial charge on any atom is 0.230 e. The molecule has 7 heteroatoms. The number of carbonyl (C=O) groups excluding carboxylic acids is 1. The van der Waals surface area contributed by atoms with Gasteiger partial charge in [-0.2, -0.15) is 5.26 Å². The van der Waals surface area contributed by atoms with E-state index in [1.807, 2.05) is 40.2 Å². The fraction of sp³-hybridized carbons (Fsp3) is 0.0952. The highest BCUT2D eigenvalue weighted by atomic mass is 32.1. The number of nitrogens with one attached hydrogen (secondary N) is 1. The van der Waals surface area contributed by atoms with Gasteiger partial charge in [-0.3, -0.25) is 9.20 Å². The van der Waals surface area contributed by atoms with Crippen LogP contribution in [0.1, 0.15) is 11.3 Å². The summed E-state index contributed by atoms with van der Waals surface area (Å²) in [7, 11) is 1.63. The number of fused-ring (bicyclic) bond motifs is 1. The molecular weight excluding hydrogens is 372 g/mol. The number of aromatic nitrogens is 2. The van der Waals surface area contributed by atoms with Crippen LogP contribution in [-0.4, -0.2) is 22.4 Å². The van der Waals surface area contributed by atoms with Crippen LogP contribution in [0, 0.1) is 11.3 Å². The first-order valence-electron chi connectivity index (χ1n) is 8.56. The summed E-state index contributed by atoms with van der Waals surface area (Å²) in [6, 6.07) is 16.6. The highest BCUT2D eigenvalue weighted by Crippen LogP contribution is 2.25. The van der Waals surface area contributed by atoms with Crippen molar-refractivity contribution < 1.29 is 9.53 Å². The summed E-state index contributed by atoms with van der Waals surface area (Å²) in [5, 5.41) is 13.7. The number of carbonyl (C=O) groups is 1. The van der Waals surface area contributed by atoms with Crippen LogP contribution in [0.2, 0.25) is 0 Å². The summed E-state index contributed by atoms with van der Waals surface area (Å²) in [6.07, 6.45) is 2.15. The van der Waals surface area contributed by atoms with Crippen molar-refractivity contribution in [3.63, 3.8) is 0 Å². The number of nitriles is 1. The van der Waals surface area contributed by atoms with Gasteiger partial charge >= 0.3 is 0 Å². The molecule has 4 rings (SSSR count). The lowest BCUT2D eigenvalue weighted by Gasteiger charge is -2.05. The Hall–Kier alpha value is -3.63. The van der Waals surface area contributed by atoms with Crippen molar-refractivity contribution in [2.24, 2.45) is 0 Å². The molecule has 0 radical (unpaired) electrons. The zero-order valence-corrected chi connectivity index (χ0v) is 15.9. The van der Waals surface area contributed by atoms with E-state index in [0.717, 1.165) is 27.7 Å². The highest BCUT2D eigenvalue weighted by Gasteiger charge is 2.13. The molecule has 0 aliphatic carbocycles. The van der Waals surface area contributed by atoms with Gasteiger partial charge in [-0.15, -0.1) is 11.3 Å². The minimum Gasteiger partial charge on any atom is -0.497 e. The Balaban J connectivity index is 1.53. The van der Waals surface area contributed by atoms with Crippen molar-refractivity contribution in [2.45, 2.75) is 6.42 Å². The molecule has 0 atom stereocenters. The Kier molecular flexibility index (Phi) is 4.79. The summed E-state index contributed by atoms with van der Waals surface area (Å²) in [4.78, 5) is 17.9. The Morgan fingerprint density at radius 2 is 2.11 bits per heavy atom. The highest BCUT2D eigenvalue weighted by molar-refractivity contribution is 7.15. The Bertz CT molecular complexity index is 1190. The van der Waals surface area contributed by atoms with E-state index in [-0.39, 0.29) is 12.3 Å². The predicted molar refractivity (Wildman–Crippen MR) is 109 cm³/mol. The van der Waals surface area contributed by atoms with Crippen LogP contribution in [0.3, 0.4) is 0 Å². The third-order valence-electron chi connectivity index (χ3n) is 4.29. The quantitative estimate of drug-likeness (QED) is 0.558. The lowest BCUT2D eigenvalue weighted by molar-refractivity contribution is -0.115. The van der Waals surface area contributed by atoms with Gasteiger partial charge in [0.15, 0.2) is 4.96 Å². The van der Waals surface area contributed by atoms with E-state index in [0.29, 0.717) is 11.3 Å². The molecule has 138 valence electrons. The molecule has 1 N–H and O–H groups in total. The van der Waals surface area contributed by atoms with Gasteiger partial charge in [0.05, 0.1) is 30.9 Å². The summed E-state index contributed by atoms with van der Waals surface area (Å²) in [5.74, 6) is 0.650. The molecule has 0 saturated carbocycles. The normalized spacial score (nSPS) is 10.6. The van der Waals surface area contributed by atoms with E-state index in [2.05, 4.69) is 16.4 Å². The van der Waals surface area contributed by atoms with Crippen molar-refractivity contribution in [3.8, 4) is 23.1 Å². The average Bonchev–Trinajstić information content (AvgIpc) is 3.30. The number of hydrogen-bond acceptors (Lipinski definition) is 5. The third-order valence-corrected chi connectivity index (χ3v) is 5.17. The second-order valence-corrected chi connectivity index (χ2v) is 6.99. The molecular formula is C21H16N4O2S. The molecule has 0 aliphatic rings. The standard InChI is InChI=1S/C21H16N4O2S/c1-27-18-7-5-15(6-8-18)19-12-25-17(13-28-21(25)24-19)10-20(26)23-16-4-2-3-14(9-16)11-22/h2-9,12-13H,10H2,1H3,(H,23,26). The van der Waals surface area contributed by atoms with Gasteiger partial charge < -0.3 is 10.1 Å². The first kappa shape index (κ1) is 17.8. The number of hydrogen-bond donors (Lipinski definition) is 1. The zero-order chi connectivity index (χ0) is 19.5. The van der Waals surface area contributed by atoms with E-state index in [1.54, 1.807) is 31.4 Å². The van der Waals surface area contributed by atoms with Gasteiger partial charge in [-0.05, 0) is 42.5 Å². The molecule has 0 saturated heterocycles. The number of ether oxygens (including phenoxy) is 1. The van der Waals surface area contributed by atoms with E-state index in [9.17, 15) is 4.79 Å². The first-order chi connectivity index (χ1) is 13.7. The first-order valence-corrected chi connectivity index (χ1v) is 9.44. The van der Waals surface area contributed by atoms with Gasteiger partial charge in [0.25, 0.3) is 0 Å². The molecule has 0 bridgehead atoms. The Labute approximate surface area is 165 Å². The minimum atomic E-state index is -0.144. The van der Waals surface area contributed by atoms with E-state index in [1.165, 1.54) is 11.3 Å². The summed E-state index contributed by atoms with van der Waals surface area (Å²) >= 11 is 1.50. The van der Waals surface area contributed by atoms with E-state index < -0.39 is 0 Å². The van der Waals surface area contributed by atoms with Crippen LogP contribution in [0.15, 0.2) is 60.1 Å². The number of rotatable bonds is 5. The topological polar surface area (TPSA) is 79.4 Å². The second kappa shape index (κ2) is 7.55. The fourth-order valence-electron chi connectivity index (χ4n) is 2.89. The molecule has 2 aromatic heterocycles. The predicted octanol–water partition coefficient (Wildman–Crippen LogP) is 4.12. The van der Waals surface area contributed by atoms with Crippen molar-refractivity contribution in [2.75, 3.05) is 12.4 Å². The van der Waals surface area contributed by atoms with Gasteiger partial charge in [0.2, 0.25) is 5.91 Å². The summed E-state index contributed by atoms with van der Waals surface area (Å²) in [6.45, 7) is 0.